The number of anilines is 1. The van der Waals surface area contributed by atoms with Gasteiger partial charge in [0, 0.05) is 55.9 Å². The van der Waals surface area contributed by atoms with Crippen molar-refractivity contribution in [2.75, 3.05) is 31.6 Å². The Hall–Kier alpha value is -2.12. The van der Waals surface area contributed by atoms with Crippen LogP contribution in [0.1, 0.15) is 49.3 Å². The number of hydrogen-bond donors (Lipinski definition) is 2. The van der Waals surface area contributed by atoms with Crippen molar-refractivity contribution < 1.29 is 14.6 Å². The van der Waals surface area contributed by atoms with Gasteiger partial charge in [-0.2, -0.15) is 0 Å². The number of rotatable bonds is 7. The molecule has 2 fully saturated rings. The van der Waals surface area contributed by atoms with E-state index in [4.69, 9.17) is 16.3 Å². The number of carbonyl (C=O) groups is 1. The summed E-state index contributed by atoms with van der Waals surface area (Å²) in [5.74, 6) is 0.914. The summed E-state index contributed by atoms with van der Waals surface area (Å²) in [6, 6.07) is 12.3. The monoisotopic (exact) mass is 499 g/mol. The fourth-order valence-electron chi connectivity index (χ4n) is 5.23. The van der Waals surface area contributed by atoms with Crippen molar-refractivity contribution in [2.45, 2.75) is 64.8 Å². The van der Waals surface area contributed by atoms with Crippen LogP contribution >= 0.6 is 11.6 Å². The fraction of sp³-hybridized carbons (Fsp3) is 0.536. The van der Waals surface area contributed by atoms with Crippen LogP contribution in [0.2, 0.25) is 5.02 Å². The highest BCUT2D eigenvalue weighted by atomic mass is 35.5. The second-order valence-corrected chi connectivity index (χ2v) is 10.5. The number of hydrogen-bond acceptors (Lipinski definition) is 5. The highest BCUT2D eigenvalue weighted by Gasteiger charge is 2.30. The first-order valence-corrected chi connectivity index (χ1v) is 13.1. The first-order valence-electron chi connectivity index (χ1n) is 12.7. The van der Waals surface area contributed by atoms with Gasteiger partial charge in [0.1, 0.15) is 5.75 Å². The molecule has 2 aromatic carbocycles. The number of benzene rings is 2. The molecule has 6 nitrogen and oxygen atoms in total. The molecule has 0 radical (unpaired) electrons. The number of aliphatic hydroxyl groups excluding tert-OH is 1. The van der Waals surface area contributed by atoms with Gasteiger partial charge in [0.2, 0.25) is 5.91 Å². The minimum absolute atomic E-state index is 0.0143. The van der Waals surface area contributed by atoms with E-state index in [0.717, 1.165) is 63.3 Å². The number of carbonyl (C=O) groups excluding carboxylic acids is 1. The van der Waals surface area contributed by atoms with Crippen LogP contribution in [0.4, 0.5) is 5.69 Å². The van der Waals surface area contributed by atoms with Gasteiger partial charge in [0.05, 0.1) is 12.7 Å². The Labute approximate surface area is 214 Å². The summed E-state index contributed by atoms with van der Waals surface area (Å²) in [5, 5.41) is 13.5. The maximum absolute atomic E-state index is 13.3. The zero-order valence-electron chi connectivity index (χ0n) is 21.1. The number of aryl methyl sites for hydroxylation is 1. The van der Waals surface area contributed by atoms with Crippen LogP contribution in [0.5, 0.6) is 5.75 Å². The predicted molar refractivity (Wildman–Crippen MR) is 141 cm³/mol. The van der Waals surface area contributed by atoms with Gasteiger partial charge in [-0.25, -0.2) is 0 Å². The summed E-state index contributed by atoms with van der Waals surface area (Å²) in [6.45, 7) is 8.37. The first kappa shape index (κ1) is 26.0. The van der Waals surface area contributed by atoms with E-state index in [-0.39, 0.29) is 24.5 Å². The van der Waals surface area contributed by atoms with Gasteiger partial charge in [-0.3, -0.25) is 9.69 Å². The molecule has 190 valence electrons. The van der Waals surface area contributed by atoms with Crippen molar-refractivity contribution in [1.29, 1.82) is 0 Å². The number of halogens is 1. The molecule has 7 heteroatoms. The molecule has 1 heterocycles. The van der Waals surface area contributed by atoms with Crippen LogP contribution in [0, 0.1) is 12.8 Å². The SMILES string of the molecule is Cc1cc(N(C)C(=O)[C@H]2CC[C@H](Oc3ccc(Cl)c(CO)c3)CC2)ccc1CN1CCN[C@@H](C)C1. The molecule has 0 bridgehead atoms. The summed E-state index contributed by atoms with van der Waals surface area (Å²) < 4.78 is 6.12. The third-order valence-electron chi connectivity index (χ3n) is 7.40. The lowest BCUT2D eigenvalue weighted by atomic mass is 9.86. The molecule has 2 aromatic rings. The molecular formula is C28H38ClN3O3. The fourth-order valence-corrected chi connectivity index (χ4v) is 5.41. The number of nitrogens with zero attached hydrogens (tertiary/aromatic N) is 2. The normalized spacial score (nSPS) is 23.2. The van der Waals surface area contributed by atoms with E-state index in [0.29, 0.717) is 16.6 Å². The zero-order valence-corrected chi connectivity index (χ0v) is 21.9. The third-order valence-corrected chi connectivity index (χ3v) is 7.77. The Balaban J connectivity index is 1.30. The summed E-state index contributed by atoms with van der Waals surface area (Å²) >= 11 is 6.08. The highest BCUT2D eigenvalue weighted by molar-refractivity contribution is 6.31. The molecule has 1 amide bonds. The number of amides is 1. The molecule has 2 aliphatic rings. The van der Waals surface area contributed by atoms with E-state index in [1.165, 1.54) is 11.1 Å². The van der Waals surface area contributed by atoms with Gasteiger partial charge < -0.3 is 20.1 Å². The molecule has 1 aliphatic heterocycles. The summed E-state index contributed by atoms with van der Waals surface area (Å²) in [7, 11) is 1.89. The zero-order chi connectivity index (χ0) is 24.9. The standard InChI is InChI=1S/C28H38ClN3O3/c1-19-14-24(7-4-22(19)17-32-13-12-30-20(2)16-32)31(3)28(34)21-5-8-25(9-6-21)35-26-10-11-27(29)23(15-26)18-33/h4,7,10-11,14-15,20-21,25,30,33H,5-6,8-9,12-13,16-18H2,1-3H3/t20-,21-,25-/m0/s1. The van der Waals surface area contributed by atoms with Crippen LogP contribution in [0.3, 0.4) is 0 Å². The second kappa shape index (κ2) is 11.7. The summed E-state index contributed by atoms with van der Waals surface area (Å²) in [4.78, 5) is 17.6. The summed E-state index contributed by atoms with van der Waals surface area (Å²) in [5.41, 5.74) is 4.18. The average molecular weight is 500 g/mol. The van der Waals surface area contributed by atoms with E-state index >= 15 is 0 Å². The van der Waals surface area contributed by atoms with Gasteiger partial charge in [-0.05, 0) is 86.6 Å². The van der Waals surface area contributed by atoms with Crippen LogP contribution in [0.15, 0.2) is 36.4 Å². The number of nitrogens with one attached hydrogen (secondary N) is 1. The minimum Gasteiger partial charge on any atom is -0.490 e. The Morgan fingerprint density at radius 1 is 1.17 bits per heavy atom. The Kier molecular flexibility index (Phi) is 8.71. The van der Waals surface area contributed by atoms with Crippen molar-refractivity contribution in [1.82, 2.24) is 10.2 Å². The highest BCUT2D eigenvalue weighted by Crippen LogP contribution is 2.31. The lowest BCUT2D eigenvalue weighted by molar-refractivity contribution is -0.123. The summed E-state index contributed by atoms with van der Waals surface area (Å²) in [6.07, 6.45) is 3.37. The van der Waals surface area contributed by atoms with Crippen molar-refractivity contribution >= 4 is 23.2 Å². The number of piperazine rings is 1. The van der Waals surface area contributed by atoms with E-state index in [2.05, 4.69) is 42.3 Å². The van der Waals surface area contributed by atoms with Crippen LogP contribution in [-0.4, -0.2) is 54.7 Å². The molecular weight excluding hydrogens is 462 g/mol. The van der Waals surface area contributed by atoms with Crippen molar-refractivity contribution in [3.05, 3.63) is 58.1 Å². The van der Waals surface area contributed by atoms with Gasteiger partial charge in [0.25, 0.3) is 0 Å². The average Bonchev–Trinajstić information content (AvgIpc) is 2.86. The third kappa shape index (κ3) is 6.56. The smallest absolute Gasteiger partial charge is 0.229 e. The van der Waals surface area contributed by atoms with E-state index in [1.54, 1.807) is 12.1 Å². The number of aliphatic hydroxyl groups is 1. The van der Waals surface area contributed by atoms with Crippen LogP contribution in [0.25, 0.3) is 0 Å². The maximum atomic E-state index is 13.3. The minimum atomic E-state index is -0.112. The molecule has 1 saturated heterocycles. The molecule has 1 saturated carbocycles. The molecule has 0 spiro atoms. The predicted octanol–water partition coefficient (Wildman–Crippen LogP) is 4.54. The second-order valence-electron chi connectivity index (χ2n) is 10.1. The van der Waals surface area contributed by atoms with Crippen LogP contribution < -0.4 is 15.0 Å². The maximum Gasteiger partial charge on any atom is 0.229 e. The molecule has 1 aliphatic carbocycles. The van der Waals surface area contributed by atoms with E-state index in [9.17, 15) is 9.90 Å². The van der Waals surface area contributed by atoms with Gasteiger partial charge in [0.15, 0.2) is 0 Å². The molecule has 2 N–H and O–H groups in total. The van der Waals surface area contributed by atoms with Gasteiger partial charge >= 0.3 is 0 Å². The van der Waals surface area contributed by atoms with Gasteiger partial charge in [-0.1, -0.05) is 17.7 Å². The Bertz CT molecular complexity index is 1020. The van der Waals surface area contributed by atoms with E-state index < -0.39 is 0 Å². The van der Waals surface area contributed by atoms with Crippen LogP contribution in [-0.2, 0) is 17.9 Å². The lowest BCUT2D eigenvalue weighted by Gasteiger charge is -2.32. The molecule has 0 unspecified atom stereocenters. The lowest BCUT2D eigenvalue weighted by Crippen LogP contribution is -2.48. The van der Waals surface area contributed by atoms with Crippen molar-refractivity contribution in [3.8, 4) is 5.75 Å². The Morgan fingerprint density at radius 3 is 2.63 bits per heavy atom. The topological polar surface area (TPSA) is 65.0 Å². The van der Waals surface area contributed by atoms with Crippen molar-refractivity contribution in [3.63, 3.8) is 0 Å². The first-order chi connectivity index (χ1) is 16.8. The van der Waals surface area contributed by atoms with Crippen molar-refractivity contribution in [2.24, 2.45) is 5.92 Å². The molecule has 0 aromatic heterocycles. The Morgan fingerprint density at radius 2 is 1.94 bits per heavy atom. The number of ether oxygens (including phenoxy) is 1. The largest absolute Gasteiger partial charge is 0.490 e. The quantitative estimate of drug-likeness (QED) is 0.585. The molecule has 35 heavy (non-hydrogen) atoms. The van der Waals surface area contributed by atoms with Gasteiger partial charge in [-0.15, -0.1) is 0 Å². The molecule has 4 rings (SSSR count). The molecule has 1 atom stereocenters. The van der Waals surface area contributed by atoms with E-state index in [1.807, 2.05) is 18.0 Å².